The number of hydrogen-bond acceptors (Lipinski definition) is 5. The van der Waals surface area contributed by atoms with E-state index in [0.717, 1.165) is 56.4 Å². The lowest BCUT2D eigenvalue weighted by Crippen LogP contribution is -2.38. The molecule has 0 N–H and O–H groups in total. The van der Waals surface area contributed by atoms with Crippen LogP contribution in [-0.4, -0.2) is 35.0 Å². The molecule has 1 aromatic carbocycles. The smallest absolute Gasteiger partial charge is 0.260 e. The molecule has 2 fully saturated rings. The number of fused-ring (bicyclic) bond motifs is 3. The van der Waals surface area contributed by atoms with Crippen molar-refractivity contribution >= 4 is 48.9 Å². The van der Waals surface area contributed by atoms with Crippen molar-refractivity contribution in [1.82, 2.24) is 9.88 Å². The van der Waals surface area contributed by atoms with E-state index in [1.165, 1.54) is 12.8 Å². The number of nitrogens with zero attached hydrogens (tertiary/aromatic N) is 2. The minimum absolute atomic E-state index is 0.136. The minimum atomic E-state index is 0.136. The molecule has 0 bridgehead atoms. The van der Waals surface area contributed by atoms with Gasteiger partial charge in [0.2, 0.25) is 0 Å². The second kappa shape index (κ2) is 5.95. The summed E-state index contributed by atoms with van der Waals surface area (Å²) >= 11 is 3.36. The zero-order valence-electron chi connectivity index (χ0n) is 14.2. The summed E-state index contributed by atoms with van der Waals surface area (Å²) in [4.78, 5) is 19.4. The van der Waals surface area contributed by atoms with Crippen molar-refractivity contribution in [3.05, 3.63) is 22.5 Å². The Morgan fingerprint density at radius 2 is 2.20 bits per heavy atom. The normalized spacial score (nSPS) is 17.3. The second-order valence-electron chi connectivity index (χ2n) is 7.13. The molecule has 3 aromatic rings. The quantitative estimate of drug-likeness (QED) is 0.635. The van der Waals surface area contributed by atoms with Crippen LogP contribution in [0.4, 0.5) is 0 Å². The first kappa shape index (κ1) is 15.6. The predicted octanol–water partition coefficient (Wildman–Crippen LogP) is 4.60. The van der Waals surface area contributed by atoms with Gasteiger partial charge in [0.15, 0.2) is 6.61 Å². The molecule has 6 heteroatoms. The van der Waals surface area contributed by atoms with Gasteiger partial charge in [0.1, 0.15) is 5.75 Å². The van der Waals surface area contributed by atoms with Gasteiger partial charge in [-0.3, -0.25) is 4.79 Å². The van der Waals surface area contributed by atoms with Crippen molar-refractivity contribution in [1.29, 1.82) is 0 Å². The molecule has 130 valence electrons. The van der Waals surface area contributed by atoms with Gasteiger partial charge in [-0.25, -0.2) is 4.98 Å². The molecule has 2 saturated carbocycles. The fourth-order valence-electron chi connectivity index (χ4n) is 3.35. The van der Waals surface area contributed by atoms with Crippen LogP contribution >= 0.6 is 22.7 Å². The standard InChI is InChI=1S/C19H20N2O2S2/c1-11-20-18-16(25-11)8-15(14-6-7-24-19(14)18)23-10-17(22)21(13-4-5-13)9-12-2-3-12/h6-8,12-13H,2-5,9-10H2,1H3. The average Bonchev–Trinajstić information content (AvgIpc) is 3.50. The number of benzene rings is 1. The number of carbonyl (C=O) groups is 1. The summed E-state index contributed by atoms with van der Waals surface area (Å²) in [6.07, 6.45) is 4.85. The largest absolute Gasteiger partial charge is 0.483 e. The molecule has 2 aliphatic rings. The van der Waals surface area contributed by atoms with Crippen LogP contribution in [0.5, 0.6) is 5.75 Å². The number of hydrogen-bond donors (Lipinski definition) is 0. The van der Waals surface area contributed by atoms with Crippen molar-refractivity contribution in [2.45, 2.75) is 38.6 Å². The molecule has 0 radical (unpaired) electrons. The molecular formula is C19H20N2O2S2. The van der Waals surface area contributed by atoms with E-state index in [-0.39, 0.29) is 12.5 Å². The summed E-state index contributed by atoms with van der Waals surface area (Å²) in [6.45, 7) is 3.09. The topological polar surface area (TPSA) is 42.4 Å². The van der Waals surface area contributed by atoms with Gasteiger partial charge in [0.25, 0.3) is 5.91 Å². The third-order valence-corrected chi connectivity index (χ3v) is 6.82. The molecule has 0 spiro atoms. The van der Waals surface area contributed by atoms with Gasteiger partial charge in [0.05, 0.1) is 19.9 Å². The Morgan fingerprint density at radius 3 is 2.96 bits per heavy atom. The Morgan fingerprint density at radius 1 is 1.36 bits per heavy atom. The Hall–Kier alpha value is -1.66. The third kappa shape index (κ3) is 3.02. The fourth-order valence-corrected chi connectivity index (χ4v) is 5.18. The highest BCUT2D eigenvalue weighted by atomic mass is 32.1. The first-order valence-corrected chi connectivity index (χ1v) is 10.6. The average molecular weight is 373 g/mol. The van der Waals surface area contributed by atoms with E-state index in [0.29, 0.717) is 6.04 Å². The Kier molecular flexibility index (Phi) is 3.71. The minimum Gasteiger partial charge on any atom is -0.483 e. The number of carbonyl (C=O) groups excluding carboxylic acids is 1. The molecule has 2 aliphatic carbocycles. The molecule has 0 atom stereocenters. The Balaban J connectivity index is 1.39. The highest BCUT2D eigenvalue weighted by molar-refractivity contribution is 7.21. The molecule has 2 aromatic heterocycles. The molecule has 0 unspecified atom stereocenters. The van der Waals surface area contributed by atoms with E-state index in [9.17, 15) is 4.79 Å². The molecule has 0 aliphatic heterocycles. The zero-order chi connectivity index (χ0) is 17.0. The Labute approximate surface area is 154 Å². The van der Waals surface area contributed by atoms with Crippen molar-refractivity contribution in [3.8, 4) is 5.75 Å². The number of thiophene rings is 1. The summed E-state index contributed by atoms with van der Waals surface area (Å²) in [7, 11) is 0. The zero-order valence-corrected chi connectivity index (χ0v) is 15.8. The molecule has 4 nitrogen and oxygen atoms in total. The van der Waals surface area contributed by atoms with E-state index in [4.69, 9.17) is 4.74 Å². The number of aryl methyl sites for hydroxylation is 1. The SMILES string of the molecule is Cc1nc2c(cc(OCC(=O)N(CC3CC3)C3CC3)c3ccsc32)s1. The number of ether oxygens (including phenoxy) is 1. The molecule has 1 amide bonds. The van der Waals surface area contributed by atoms with E-state index < -0.39 is 0 Å². The van der Waals surface area contributed by atoms with Gasteiger partial charge in [-0.2, -0.15) is 0 Å². The molecule has 5 rings (SSSR count). The maximum atomic E-state index is 12.7. The highest BCUT2D eigenvalue weighted by Gasteiger charge is 2.36. The van der Waals surface area contributed by atoms with Gasteiger partial charge in [-0.15, -0.1) is 22.7 Å². The van der Waals surface area contributed by atoms with Crippen molar-refractivity contribution in [3.63, 3.8) is 0 Å². The van der Waals surface area contributed by atoms with Gasteiger partial charge in [-0.05, 0) is 50.0 Å². The van der Waals surface area contributed by atoms with Crippen LogP contribution in [0, 0.1) is 12.8 Å². The highest BCUT2D eigenvalue weighted by Crippen LogP contribution is 2.39. The summed E-state index contributed by atoms with van der Waals surface area (Å²) in [6, 6.07) is 4.58. The number of thiazole rings is 1. The van der Waals surface area contributed by atoms with Gasteiger partial charge in [-0.1, -0.05) is 0 Å². The lowest BCUT2D eigenvalue weighted by molar-refractivity contribution is -0.134. The van der Waals surface area contributed by atoms with Crippen molar-refractivity contribution in [2.24, 2.45) is 5.92 Å². The summed E-state index contributed by atoms with van der Waals surface area (Å²) in [5, 5.41) is 4.19. The van der Waals surface area contributed by atoms with Crippen LogP contribution in [0.1, 0.15) is 30.7 Å². The van der Waals surface area contributed by atoms with Crippen molar-refractivity contribution in [2.75, 3.05) is 13.2 Å². The number of amides is 1. The fraction of sp³-hybridized carbons (Fsp3) is 0.474. The van der Waals surface area contributed by atoms with Crippen LogP contribution in [0.15, 0.2) is 17.5 Å². The van der Waals surface area contributed by atoms with E-state index in [2.05, 4.69) is 21.3 Å². The second-order valence-corrected chi connectivity index (χ2v) is 9.28. The number of aromatic nitrogens is 1. The van der Waals surface area contributed by atoms with Gasteiger partial charge < -0.3 is 9.64 Å². The maximum Gasteiger partial charge on any atom is 0.260 e. The first-order chi connectivity index (χ1) is 12.2. The molecule has 2 heterocycles. The molecule has 0 saturated heterocycles. The van der Waals surface area contributed by atoms with Crippen LogP contribution < -0.4 is 4.74 Å². The molecular weight excluding hydrogens is 352 g/mol. The first-order valence-electron chi connectivity index (χ1n) is 8.88. The van der Waals surface area contributed by atoms with Crippen molar-refractivity contribution < 1.29 is 9.53 Å². The Bertz CT molecular complexity index is 953. The van der Waals surface area contributed by atoms with Crippen LogP contribution in [0.2, 0.25) is 0 Å². The number of rotatable bonds is 6. The van der Waals surface area contributed by atoms with Gasteiger partial charge >= 0.3 is 0 Å². The predicted molar refractivity (Wildman–Crippen MR) is 103 cm³/mol. The lowest BCUT2D eigenvalue weighted by atomic mass is 10.2. The summed E-state index contributed by atoms with van der Waals surface area (Å²) in [5.41, 5.74) is 1.06. The monoisotopic (exact) mass is 372 g/mol. The lowest BCUT2D eigenvalue weighted by Gasteiger charge is -2.22. The third-order valence-electron chi connectivity index (χ3n) is 4.98. The summed E-state index contributed by atoms with van der Waals surface area (Å²) < 4.78 is 8.30. The molecule has 25 heavy (non-hydrogen) atoms. The van der Waals surface area contributed by atoms with E-state index >= 15 is 0 Å². The van der Waals surface area contributed by atoms with E-state index in [1.54, 1.807) is 22.7 Å². The van der Waals surface area contributed by atoms with Crippen LogP contribution in [-0.2, 0) is 4.79 Å². The summed E-state index contributed by atoms with van der Waals surface area (Å²) in [5.74, 6) is 1.67. The van der Waals surface area contributed by atoms with E-state index in [1.807, 2.05) is 13.0 Å². The maximum absolute atomic E-state index is 12.7. The van der Waals surface area contributed by atoms with Crippen LogP contribution in [0.3, 0.4) is 0 Å². The van der Waals surface area contributed by atoms with Crippen LogP contribution in [0.25, 0.3) is 20.3 Å². The van der Waals surface area contributed by atoms with Gasteiger partial charge in [0, 0.05) is 24.0 Å².